The highest BCUT2D eigenvalue weighted by Crippen LogP contribution is 2.48. The minimum absolute atomic E-state index is 0.194. The van der Waals surface area contributed by atoms with Gasteiger partial charge in [0.1, 0.15) is 36.6 Å². The summed E-state index contributed by atoms with van der Waals surface area (Å²) in [6.45, 7) is 5.79. The highest BCUT2D eigenvalue weighted by Gasteiger charge is 2.62. The Morgan fingerprint density at radius 1 is 0.844 bits per heavy atom. The third-order valence-corrected chi connectivity index (χ3v) is 7.17. The third kappa shape index (κ3) is 4.72. The molecule has 8 nitrogen and oxygen atoms in total. The summed E-state index contributed by atoms with van der Waals surface area (Å²) < 4.78 is 43.2. The first-order valence-electron chi connectivity index (χ1n) is 12.4. The molecular weight excluding hydrogens is 416 g/mol. The van der Waals surface area contributed by atoms with Crippen LogP contribution in [-0.2, 0) is 38.0 Å². The first-order chi connectivity index (χ1) is 15.3. The van der Waals surface area contributed by atoms with Crippen molar-refractivity contribution < 1.29 is 38.0 Å². The molecule has 5 fully saturated rings. The van der Waals surface area contributed by atoms with Crippen molar-refractivity contribution in [3.05, 3.63) is 0 Å². The summed E-state index contributed by atoms with van der Waals surface area (Å²) in [7, 11) is 0. The number of ether oxygens (including phenoxy) is 7. The Bertz CT molecular complexity index is 676. The smallest absolute Gasteiger partial charge is 0.332 e. The molecule has 5 rings (SSSR count). The molecule has 182 valence electrons. The lowest BCUT2D eigenvalue weighted by Crippen LogP contribution is -2.43. The minimum Gasteiger partial charge on any atom is -0.458 e. The normalized spacial score (nSPS) is 38.3. The van der Waals surface area contributed by atoms with Crippen LogP contribution in [0.5, 0.6) is 0 Å². The number of fused-ring (bicyclic) bond motifs is 1. The van der Waals surface area contributed by atoms with E-state index in [9.17, 15) is 4.79 Å². The lowest BCUT2D eigenvalue weighted by molar-refractivity contribution is -0.268. The van der Waals surface area contributed by atoms with Gasteiger partial charge in [-0.2, -0.15) is 0 Å². The van der Waals surface area contributed by atoms with Crippen molar-refractivity contribution in [2.24, 2.45) is 0 Å². The minimum atomic E-state index is -0.703. The summed E-state index contributed by atoms with van der Waals surface area (Å²) in [5.41, 5.74) is -0.565. The monoisotopic (exact) mass is 454 g/mol. The Hall–Kier alpha value is -0.770. The Kier molecular flexibility index (Phi) is 6.31. The molecule has 0 bridgehead atoms. The predicted molar refractivity (Wildman–Crippen MR) is 113 cm³/mol. The van der Waals surface area contributed by atoms with Gasteiger partial charge in [0.2, 0.25) is 0 Å². The van der Waals surface area contributed by atoms with E-state index in [0.29, 0.717) is 6.61 Å². The standard InChI is InChI=1S/C24H38O8/c1-22(2,3)30-17(25)15-26-21-20-19(31-24(32-20)12-8-5-9-13-24)18(28-21)16-14-27-23(29-16)10-6-4-7-11-23/h16,18-21H,4-15H2,1-3H3/t16?,18-,19+,20+,21?/m1/s1. The van der Waals surface area contributed by atoms with Gasteiger partial charge in [-0.15, -0.1) is 0 Å². The fourth-order valence-corrected chi connectivity index (χ4v) is 5.81. The highest BCUT2D eigenvalue weighted by molar-refractivity contribution is 5.71. The van der Waals surface area contributed by atoms with Gasteiger partial charge in [-0.3, -0.25) is 0 Å². The van der Waals surface area contributed by atoms with Crippen molar-refractivity contribution in [1.29, 1.82) is 0 Å². The quantitative estimate of drug-likeness (QED) is 0.596. The van der Waals surface area contributed by atoms with Gasteiger partial charge in [-0.05, 0) is 46.5 Å². The average molecular weight is 455 g/mol. The van der Waals surface area contributed by atoms with Crippen LogP contribution in [0.15, 0.2) is 0 Å². The molecular formula is C24H38O8. The molecule has 2 saturated carbocycles. The van der Waals surface area contributed by atoms with E-state index in [1.807, 2.05) is 20.8 Å². The van der Waals surface area contributed by atoms with Crippen LogP contribution in [0.3, 0.4) is 0 Å². The van der Waals surface area contributed by atoms with Gasteiger partial charge in [0, 0.05) is 25.7 Å². The summed E-state index contributed by atoms with van der Waals surface area (Å²) in [6, 6.07) is 0. The fourth-order valence-electron chi connectivity index (χ4n) is 5.81. The molecule has 5 aliphatic rings. The van der Waals surface area contributed by atoms with E-state index in [0.717, 1.165) is 51.4 Å². The van der Waals surface area contributed by atoms with Crippen molar-refractivity contribution in [3.8, 4) is 0 Å². The molecule has 0 radical (unpaired) electrons. The largest absolute Gasteiger partial charge is 0.458 e. The molecule has 32 heavy (non-hydrogen) atoms. The van der Waals surface area contributed by atoms with Gasteiger partial charge in [-0.25, -0.2) is 4.79 Å². The van der Waals surface area contributed by atoms with Crippen molar-refractivity contribution in [1.82, 2.24) is 0 Å². The van der Waals surface area contributed by atoms with E-state index in [1.165, 1.54) is 12.8 Å². The molecule has 2 aliphatic carbocycles. The number of hydrogen-bond acceptors (Lipinski definition) is 8. The van der Waals surface area contributed by atoms with E-state index >= 15 is 0 Å². The molecule has 5 atom stereocenters. The van der Waals surface area contributed by atoms with E-state index < -0.39 is 35.5 Å². The Morgan fingerprint density at radius 2 is 1.47 bits per heavy atom. The second-order valence-corrected chi connectivity index (χ2v) is 10.9. The summed E-state index contributed by atoms with van der Waals surface area (Å²) in [4.78, 5) is 12.2. The molecule has 0 amide bonds. The van der Waals surface area contributed by atoms with Crippen LogP contribution in [0.2, 0.25) is 0 Å². The average Bonchev–Trinajstić information content (AvgIpc) is 3.39. The summed E-state index contributed by atoms with van der Waals surface area (Å²) in [5.74, 6) is -1.49. The number of esters is 1. The lowest BCUT2D eigenvalue weighted by atomic mass is 9.94. The third-order valence-electron chi connectivity index (χ3n) is 7.17. The number of rotatable bonds is 4. The van der Waals surface area contributed by atoms with E-state index in [1.54, 1.807) is 0 Å². The summed E-state index contributed by atoms with van der Waals surface area (Å²) in [6.07, 6.45) is 8.42. The maximum atomic E-state index is 12.2. The van der Waals surface area contributed by atoms with Crippen molar-refractivity contribution in [3.63, 3.8) is 0 Å². The van der Waals surface area contributed by atoms with Crippen LogP contribution in [0, 0.1) is 0 Å². The van der Waals surface area contributed by atoms with Crippen LogP contribution in [0.25, 0.3) is 0 Å². The molecule has 3 saturated heterocycles. The Labute approximate surface area is 190 Å². The van der Waals surface area contributed by atoms with Crippen molar-refractivity contribution >= 4 is 5.97 Å². The first-order valence-corrected chi connectivity index (χ1v) is 12.4. The second-order valence-electron chi connectivity index (χ2n) is 10.9. The van der Waals surface area contributed by atoms with Crippen molar-refractivity contribution in [2.45, 2.75) is 133 Å². The van der Waals surface area contributed by atoms with Crippen LogP contribution < -0.4 is 0 Å². The van der Waals surface area contributed by atoms with E-state index in [2.05, 4.69) is 0 Å². The first kappa shape index (κ1) is 23.0. The van der Waals surface area contributed by atoms with E-state index in [-0.39, 0.29) is 24.9 Å². The molecule has 0 aromatic heterocycles. The topological polar surface area (TPSA) is 81.7 Å². The van der Waals surface area contributed by atoms with Crippen LogP contribution in [0.4, 0.5) is 0 Å². The zero-order chi connectivity index (χ0) is 22.4. The number of carbonyl (C=O) groups is 1. The van der Waals surface area contributed by atoms with Crippen LogP contribution >= 0.6 is 0 Å². The van der Waals surface area contributed by atoms with Gasteiger partial charge in [0.05, 0.1) is 6.61 Å². The molecule has 3 aliphatic heterocycles. The molecule has 8 heteroatoms. The van der Waals surface area contributed by atoms with Gasteiger partial charge in [0.25, 0.3) is 0 Å². The molecule has 3 heterocycles. The van der Waals surface area contributed by atoms with E-state index in [4.69, 9.17) is 33.2 Å². The highest BCUT2D eigenvalue weighted by atomic mass is 16.8. The second kappa shape index (κ2) is 8.78. The Balaban J connectivity index is 1.28. The summed E-state index contributed by atoms with van der Waals surface area (Å²) in [5, 5.41) is 0. The summed E-state index contributed by atoms with van der Waals surface area (Å²) >= 11 is 0. The Morgan fingerprint density at radius 3 is 2.12 bits per heavy atom. The van der Waals surface area contributed by atoms with Gasteiger partial charge >= 0.3 is 5.97 Å². The van der Waals surface area contributed by atoms with Gasteiger partial charge in [-0.1, -0.05) is 12.8 Å². The molecule has 0 N–H and O–H groups in total. The predicted octanol–water partition coefficient (Wildman–Crippen LogP) is 3.59. The zero-order valence-electron chi connectivity index (χ0n) is 19.6. The lowest BCUT2D eigenvalue weighted by Gasteiger charge is -2.35. The van der Waals surface area contributed by atoms with Crippen LogP contribution in [-0.4, -0.2) is 67.1 Å². The molecule has 0 aromatic carbocycles. The molecule has 2 spiro atoms. The molecule has 0 aromatic rings. The number of hydrogen-bond donors (Lipinski definition) is 0. The zero-order valence-corrected chi connectivity index (χ0v) is 19.6. The maximum absolute atomic E-state index is 12.2. The fraction of sp³-hybridized carbons (Fsp3) is 0.958. The van der Waals surface area contributed by atoms with Crippen LogP contribution in [0.1, 0.15) is 85.0 Å². The van der Waals surface area contributed by atoms with Gasteiger partial charge < -0.3 is 33.2 Å². The molecule has 2 unspecified atom stereocenters. The van der Waals surface area contributed by atoms with Crippen molar-refractivity contribution in [2.75, 3.05) is 13.2 Å². The van der Waals surface area contributed by atoms with Gasteiger partial charge in [0.15, 0.2) is 17.9 Å². The SMILES string of the molecule is CC(C)(C)OC(=O)COC1O[C@H](C2COC3(CCCCC3)O2)[C@@H]2OC3(CCCCC3)O[C@H]12. The maximum Gasteiger partial charge on any atom is 0.332 e. The number of carbonyl (C=O) groups excluding carboxylic acids is 1.